The number of anilines is 1. The van der Waals surface area contributed by atoms with Crippen LogP contribution in [0.4, 0.5) is 5.69 Å². The molecule has 0 saturated heterocycles. The molecule has 0 aliphatic heterocycles. The van der Waals surface area contributed by atoms with Crippen molar-refractivity contribution < 1.29 is 0 Å². The van der Waals surface area contributed by atoms with Crippen molar-refractivity contribution in [1.82, 2.24) is 4.98 Å². The summed E-state index contributed by atoms with van der Waals surface area (Å²) in [5, 5.41) is 3.05. The number of aromatic nitrogens is 1. The number of hydrogen-bond donors (Lipinski definition) is 1. The van der Waals surface area contributed by atoms with Crippen molar-refractivity contribution in [1.29, 1.82) is 0 Å². The lowest BCUT2D eigenvalue weighted by Gasteiger charge is -2.01. The van der Waals surface area contributed by atoms with Crippen LogP contribution in [-0.2, 0) is 0 Å². The monoisotopic (exact) mass is 248 g/mol. The van der Waals surface area contributed by atoms with Gasteiger partial charge in [0.05, 0.1) is 11.9 Å². The highest BCUT2D eigenvalue weighted by atomic mass is 127. The summed E-state index contributed by atoms with van der Waals surface area (Å²) < 4.78 is 1.22. The topological polar surface area (TPSA) is 24.9 Å². The molecule has 1 aromatic rings. The van der Waals surface area contributed by atoms with Crippen LogP contribution in [0.5, 0.6) is 0 Å². The summed E-state index contributed by atoms with van der Waals surface area (Å²) in [6, 6.07) is 2.05. The van der Waals surface area contributed by atoms with E-state index in [1.807, 2.05) is 26.2 Å². The molecule has 1 rings (SSSR count). The molecule has 1 N–H and O–H groups in total. The maximum Gasteiger partial charge on any atom is 0.0659 e. The third-order valence-electron chi connectivity index (χ3n) is 1.26. The van der Waals surface area contributed by atoms with Gasteiger partial charge in [0.1, 0.15) is 0 Å². The van der Waals surface area contributed by atoms with E-state index in [2.05, 4.69) is 32.9 Å². The average Bonchev–Trinajstić information content (AvgIpc) is 1.88. The molecule has 0 bridgehead atoms. The first kappa shape index (κ1) is 7.78. The van der Waals surface area contributed by atoms with Gasteiger partial charge >= 0.3 is 0 Å². The number of pyridine rings is 1. The summed E-state index contributed by atoms with van der Waals surface area (Å²) in [5.41, 5.74) is 2.15. The normalized spacial score (nSPS) is 9.50. The van der Waals surface area contributed by atoms with Crippen LogP contribution in [0.3, 0.4) is 0 Å². The lowest BCUT2D eigenvalue weighted by molar-refractivity contribution is 1.19. The van der Waals surface area contributed by atoms with E-state index in [1.165, 1.54) is 3.57 Å². The third kappa shape index (κ3) is 1.59. The lowest BCUT2D eigenvalue weighted by Crippen LogP contribution is -1.93. The zero-order valence-corrected chi connectivity index (χ0v) is 8.14. The second-order valence-electron chi connectivity index (χ2n) is 2.06. The molecule has 0 saturated carbocycles. The van der Waals surface area contributed by atoms with Crippen molar-refractivity contribution in [2.24, 2.45) is 0 Å². The quantitative estimate of drug-likeness (QED) is 0.769. The number of aryl methyl sites for hydroxylation is 1. The first-order valence-electron chi connectivity index (χ1n) is 3.04. The van der Waals surface area contributed by atoms with Crippen LogP contribution in [0.2, 0.25) is 0 Å². The number of rotatable bonds is 1. The fraction of sp³-hybridized carbons (Fsp3) is 0.286. The van der Waals surface area contributed by atoms with E-state index in [0.29, 0.717) is 0 Å². The van der Waals surface area contributed by atoms with E-state index in [1.54, 1.807) is 0 Å². The Balaban J connectivity index is 3.07. The molecule has 0 spiro atoms. The SMILES string of the molecule is CNc1cnc(C)cc1I. The molecule has 3 heteroatoms. The van der Waals surface area contributed by atoms with Crippen molar-refractivity contribution in [3.8, 4) is 0 Å². The van der Waals surface area contributed by atoms with Gasteiger partial charge in [0.15, 0.2) is 0 Å². The summed E-state index contributed by atoms with van der Waals surface area (Å²) in [4.78, 5) is 4.14. The van der Waals surface area contributed by atoms with Crippen LogP contribution in [-0.4, -0.2) is 12.0 Å². The molecule has 0 aliphatic carbocycles. The number of hydrogen-bond acceptors (Lipinski definition) is 2. The Bertz CT molecular complexity index is 235. The Morgan fingerprint density at radius 1 is 1.60 bits per heavy atom. The van der Waals surface area contributed by atoms with Crippen molar-refractivity contribution >= 4 is 28.3 Å². The van der Waals surface area contributed by atoms with Crippen LogP contribution < -0.4 is 5.32 Å². The number of nitrogens with one attached hydrogen (secondary N) is 1. The molecule has 0 aliphatic rings. The number of halogens is 1. The van der Waals surface area contributed by atoms with E-state index in [-0.39, 0.29) is 0 Å². The Morgan fingerprint density at radius 2 is 2.30 bits per heavy atom. The van der Waals surface area contributed by atoms with E-state index < -0.39 is 0 Å². The average molecular weight is 248 g/mol. The molecule has 54 valence electrons. The highest BCUT2D eigenvalue weighted by molar-refractivity contribution is 14.1. The maximum atomic E-state index is 4.14. The predicted molar refractivity (Wildman–Crippen MR) is 51.2 cm³/mol. The summed E-state index contributed by atoms with van der Waals surface area (Å²) in [6.45, 7) is 1.99. The van der Waals surface area contributed by atoms with Gasteiger partial charge in [-0.25, -0.2) is 0 Å². The standard InChI is InChI=1S/C7H9IN2/c1-5-3-6(8)7(9-2)4-10-5/h3-4,9H,1-2H3. The highest BCUT2D eigenvalue weighted by Gasteiger charge is 1.95. The minimum absolute atomic E-state index is 1.06. The summed E-state index contributed by atoms with van der Waals surface area (Å²) >= 11 is 2.28. The molecule has 0 aromatic carbocycles. The van der Waals surface area contributed by atoms with Gasteiger partial charge < -0.3 is 5.32 Å². The second-order valence-corrected chi connectivity index (χ2v) is 3.22. The van der Waals surface area contributed by atoms with Gasteiger partial charge in [-0.1, -0.05) is 0 Å². The molecule has 0 amide bonds. The summed E-state index contributed by atoms with van der Waals surface area (Å²) in [6.07, 6.45) is 1.84. The highest BCUT2D eigenvalue weighted by Crippen LogP contribution is 2.15. The molecule has 0 unspecified atom stereocenters. The van der Waals surface area contributed by atoms with E-state index in [0.717, 1.165) is 11.4 Å². The predicted octanol–water partition coefficient (Wildman–Crippen LogP) is 2.04. The molecular formula is C7H9IN2. The lowest BCUT2D eigenvalue weighted by atomic mass is 10.3. The van der Waals surface area contributed by atoms with E-state index in [4.69, 9.17) is 0 Å². The zero-order chi connectivity index (χ0) is 7.56. The van der Waals surface area contributed by atoms with Crippen LogP contribution in [0.25, 0.3) is 0 Å². The van der Waals surface area contributed by atoms with Gasteiger partial charge in [0.25, 0.3) is 0 Å². The van der Waals surface area contributed by atoms with Crippen LogP contribution in [0.15, 0.2) is 12.3 Å². The zero-order valence-electron chi connectivity index (χ0n) is 5.98. The Kier molecular flexibility index (Phi) is 2.48. The first-order valence-corrected chi connectivity index (χ1v) is 4.12. The second kappa shape index (κ2) is 3.18. The van der Waals surface area contributed by atoms with E-state index in [9.17, 15) is 0 Å². The maximum absolute atomic E-state index is 4.14. The van der Waals surface area contributed by atoms with Crippen molar-refractivity contribution in [3.63, 3.8) is 0 Å². The molecule has 1 aromatic heterocycles. The van der Waals surface area contributed by atoms with Crippen LogP contribution in [0, 0.1) is 10.5 Å². The van der Waals surface area contributed by atoms with Crippen molar-refractivity contribution in [3.05, 3.63) is 21.5 Å². The molecular weight excluding hydrogens is 239 g/mol. The smallest absolute Gasteiger partial charge is 0.0659 e. The Labute approximate surface area is 74.2 Å². The van der Waals surface area contributed by atoms with E-state index >= 15 is 0 Å². The largest absolute Gasteiger partial charge is 0.386 e. The van der Waals surface area contributed by atoms with Gasteiger partial charge in [0.2, 0.25) is 0 Å². The van der Waals surface area contributed by atoms with Crippen LogP contribution >= 0.6 is 22.6 Å². The molecule has 0 radical (unpaired) electrons. The molecule has 0 fully saturated rings. The Morgan fingerprint density at radius 3 is 2.80 bits per heavy atom. The van der Waals surface area contributed by atoms with Gasteiger partial charge in [-0.05, 0) is 35.6 Å². The number of nitrogens with zero attached hydrogens (tertiary/aromatic N) is 1. The van der Waals surface area contributed by atoms with Gasteiger partial charge in [-0.3, -0.25) is 4.98 Å². The van der Waals surface area contributed by atoms with Crippen LogP contribution in [0.1, 0.15) is 5.69 Å². The molecule has 2 nitrogen and oxygen atoms in total. The van der Waals surface area contributed by atoms with Crippen molar-refractivity contribution in [2.45, 2.75) is 6.92 Å². The Hall–Kier alpha value is -0.320. The van der Waals surface area contributed by atoms with Crippen molar-refractivity contribution in [2.75, 3.05) is 12.4 Å². The minimum Gasteiger partial charge on any atom is -0.386 e. The minimum atomic E-state index is 1.06. The fourth-order valence-electron chi connectivity index (χ4n) is 0.710. The van der Waals surface area contributed by atoms with Gasteiger partial charge in [-0.15, -0.1) is 0 Å². The first-order chi connectivity index (χ1) is 4.74. The molecule has 1 heterocycles. The van der Waals surface area contributed by atoms with Gasteiger partial charge in [-0.2, -0.15) is 0 Å². The fourth-order valence-corrected chi connectivity index (χ4v) is 1.57. The summed E-state index contributed by atoms with van der Waals surface area (Å²) in [5.74, 6) is 0. The van der Waals surface area contributed by atoms with Gasteiger partial charge in [0, 0.05) is 16.3 Å². The third-order valence-corrected chi connectivity index (χ3v) is 2.15. The summed E-state index contributed by atoms with van der Waals surface area (Å²) in [7, 11) is 1.90. The molecule has 10 heavy (non-hydrogen) atoms. The molecule has 0 atom stereocenters.